The van der Waals surface area contributed by atoms with Crippen molar-refractivity contribution in [2.24, 2.45) is 0 Å². The number of hydrogen-bond donors (Lipinski definition) is 2. The van der Waals surface area contributed by atoms with E-state index < -0.39 is 20.7 Å². The van der Waals surface area contributed by atoms with E-state index in [4.69, 9.17) is 23.2 Å². The summed E-state index contributed by atoms with van der Waals surface area (Å²) in [6.45, 7) is 0.870. The highest BCUT2D eigenvalue weighted by molar-refractivity contribution is 7.92. The maximum atomic E-state index is 14.9. The predicted molar refractivity (Wildman–Crippen MR) is 125 cm³/mol. The molecular weight excluding hydrogens is 506 g/mol. The molecule has 0 saturated carbocycles. The van der Waals surface area contributed by atoms with Crippen LogP contribution in [-0.2, 0) is 10.0 Å². The van der Waals surface area contributed by atoms with E-state index in [1.165, 1.54) is 24.4 Å². The molecule has 2 N–H and O–H groups in total. The van der Waals surface area contributed by atoms with Crippen LogP contribution in [0.4, 0.5) is 10.1 Å². The third kappa shape index (κ3) is 3.99. The number of sulfonamides is 1. The van der Waals surface area contributed by atoms with Crippen molar-refractivity contribution < 1.29 is 17.6 Å². The first-order valence-electron chi connectivity index (χ1n) is 10.2. The van der Waals surface area contributed by atoms with E-state index in [0.29, 0.717) is 40.5 Å². The fourth-order valence-corrected chi connectivity index (χ4v) is 5.73. The lowest BCUT2D eigenvalue weighted by molar-refractivity contribution is 0.0786. The summed E-state index contributed by atoms with van der Waals surface area (Å²) in [6.07, 6.45) is 5.45. The Morgan fingerprint density at radius 2 is 2.03 bits per heavy atom. The van der Waals surface area contributed by atoms with Crippen molar-refractivity contribution in [3.63, 3.8) is 0 Å². The number of aromatic amines is 1. The maximum absolute atomic E-state index is 14.9. The first-order chi connectivity index (χ1) is 16.2. The second-order valence-electron chi connectivity index (χ2n) is 7.81. The number of carbonyl (C=O) groups is 1. The molecule has 3 heterocycles. The molecule has 5 rings (SSSR count). The van der Waals surface area contributed by atoms with Gasteiger partial charge in [0.25, 0.3) is 15.9 Å². The lowest BCUT2D eigenvalue weighted by Gasteiger charge is -2.17. The average molecular weight is 523 g/mol. The molecule has 1 amide bonds. The van der Waals surface area contributed by atoms with Crippen LogP contribution in [0.2, 0.25) is 10.0 Å². The monoisotopic (exact) mass is 522 g/mol. The predicted octanol–water partition coefficient (Wildman–Crippen LogP) is 4.09. The van der Waals surface area contributed by atoms with Gasteiger partial charge < -0.3 is 9.88 Å². The van der Waals surface area contributed by atoms with Gasteiger partial charge in [-0.05, 0) is 36.8 Å². The molecule has 1 fully saturated rings. The first-order valence-corrected chi connectivity index (χ1v) is 12.4. The molecule has 9 nitrogen and oxygen atoms in total. The number of likely N-dealkylation sites (tertiary alicyclic amines) is 1. The van der Waals surface area contributed by atoms with Crippen LogP contribution in [-0.4, -0.2) is 52.3 Å². The van der Waals surface area contributed by atoms with E-state index in [1.807, 2.05) is 0 Å². The van der Waals surface area contributed by atoms with Crippen LogP contribution in [0.3, 0.4) is 0 Å². The lowest BCUT2D eigenvalue weighted by atomic mass is 10.2. The molecule has 0 spiro atoms. The molecule has 1 aliphatic rings. The molecule has 0 unspecified atom stereocenters. The highest BCUT2D eigenvalue weighted by atomic mass is 35.5. The van der Waals surface area contributed by atoms with Gasteiger partial charge in [0, 0.05) is 36.4 Å². The fraction of sp³-hybridized carbons (Fsp3) is 0.190. The molecule has 2 aromatic carbocycles. The normalized spacial score (nSPS) is 16.3. The van der Waals surface area contributed by atoms with Crippen LogP contribution in [0, 0.1) is 5.82 Å². The maximum Gasteiger partial charge on any atom is 0.264 e. The molecule has 1 aliphatic heterocycles. The van der Waals surface area contributed by atoms with E-state index >= 15 is 0 Å². The summed E-state index contributed by atoms with van der Waals surface area (Å²) in [6, 6.07) is 6.23. The zero-order chi connectivity index (χ0) is 24.0. The number of benzene rings is 2. The lowest BCUT2D eigenvalue weighted by Crippen LogP contribution is -2.29. The molecular formula is C21H17Cl2FN6O3S. The minimum atomic E-state index is -4.31. The number of halogens is 3. The fourth-order valence-electron chi connectivity index (χ4n) is 4.04. The average Bonchev–Trinajstić information content (AvgIpc) is 3.56. The third-order valence-corrected chi connectivity index (χ3v) is 7.73. The van der Waals surface area contributed by atoms with Gasteiger partial charge in [-0.2, -0.15) is 0 Å². The Balaban J connectivity index is 1.37. The Labute approximate surface area is 203 Å². The van der Waals surface area contributed by atoms with Gasteiger partial charge in [0.15, 0.2) is 0 Å². The standard InChI is InChI=1S/C21H17Cl2FN6O3S/c22-14-2-3-17(20-19(14)15(23)10-25-20)27-34(32,33)18-4-1-12(9-16(18)24)21(31)29-7-5-13(11-29)30-8-6-26-28-30/h1-4,6,8-10,13,25,27H,5,7,11H2/t13-/m0/s1. The van der Waals surface area contributed by atoms with E-state index in [9.17, 15) is 17.6 Å². The Kier molecular flexibility index (Phi) is 5.70. The third-order valence-electron chi connectivity index (χ3n) is 5.71. The van der Waals surface area contributed by atoms with Gasteiger partial charge in [0.1, 0.15) is 10.7 Å². The van der Waals surface area contributed by atoms with Crippen molar-refractivity contribution >= 4 is 55.7 Å². The smallest absolute Gasteiger partial charge is 0.264 e. The highest BCUT2D eigenvalue weighted by Crippen LogP contribution is 2.35. The Morgan fingerprint density at radius 3 is 2.76 bits per heavy atom. The molecule has 13 heteroatoms. The molecule has 34 heavy (non-hydrogen) atoms. The molecule has 0 aliphatic carbocycles. The van der Waals surface area contributed by atoms with Crippen molar-refractivity contribution in [2.45, 2.75) is 17.4 Å². The van der Waals surface area contributed by atoms with Gasteiger partial charge in [0.05, 0.1) is 33.5 Å². The molecule has 2 aromatic heterocycles. The number of anilines is 1. The number of amides is 1. The van der Waals surface area contributed by atoms with Gasteiger partial charge in [0.2, 0.25) is 0 Å². The van der Waals surface area contributed by atoms with Crippen LogP contribution in [0.5, 0.6) is 0 Å². The van der Waals surface area contributed by atoms with Crippen LogP contribution >= 0.6 is 23.2 Å². The quantitative estimate of drug-likeness (QED) is 0.409. The Bertz CT molecular complexity index is 1510. The number of fused-ring (bicyclic) bond motifs is 1. The molecule has 1 atom stereocenters. The second kappa shape index (κ2) is 8.57. The molecule has 0 radical (unpaired) electrons. The van der Waals surface area contributed by atoms with E-state index in [-0.39, 0.29) is 23.2 Å². The number of H-pyrrole nitrogens is 1. The number of carbonyl (C=O) groups excluding carboxylic acids is 1. The van der Waals surface area contributed by atoms with Gasteiger partial charge in [-0.15, -0.1) is 5.10 Å². The number of hydrogen-bond acceptors (Lipinski definition) is 5. The summed E-state index contributed by atoms with van der Waals surface area (Å²) < 4.78 is 44.8. The van der Waals surface area contributed by atoms with Crippen molar-refractivity contribution in [1.29, 1.82) is 0 Å². The van der Waals surface area contributed by atoms with Gasteiger partial charge in [-0.25, -0.2) is 17.5 Å². The zero-order valence-corrected chi connectivity index (χ0v) is 19.7. The number of nitrogens with one attached hydrogen (secondary N) is 2. The number of nitrogens with zero attached hydrogens (tertiary/aromatic N) is 4. The minimum absolute atomic E-state index is 0.0159. The first kappa shape index (κ1) is 22.6. The van der Waals surface area contributed by atoms with Crippen LogP contribution < -0.4 is 4.72 Å². The summed E-state index contributed by atoms with van der Waals surface area (Å²) in [7, 11) is -4.31. The summed E-state index contributed by atoms with van der Waals surface area (Å²) >= 11 is 12.2. The summed E-state index contributed by atoms with van der Waals surface area (Å²) in [5.74, 6) is -1.43. The molecule has 1 saturated heterocycles. The number of aromatic nitrogens is 4. The van der Waals surface area contributed by atoms with Crippen LogP contribution in [0.1, 0.15) is 22.8 Å². The SMILES string of the molecule is O=C(c1ccc(S(=O)(=O)Nc2ccc(Cl)c3c(Cl)c[nH]c23)c(F)c1)N1CC[C@H](n2ccnn2)C1. The van der Waals surface area contributed by atoms with Crippen LogP contribution in [0.25, 0.3) is 10.9 Å². The zero-order valence-electron chi connectivity index (χ0n) is 17.4. The molecule has 176 valence electrons. The largest absolute Gasteiger partial charge is 0.358 e. The van der Waals surface area contributed by atoms with Gasteiger partial charge >= 0.3 is 0 Å². The van der Waals surface area contributed by atoms with Crippen molar-refractivity contribution in [3.05, 3.63) is 70.3 Å². The Hall–Kier alpha value is -3.15. The van der Waals surface area contributed by atoms with E-state index in [0.717, 1.165) is 12.1 Å². The van der Waals surface area contributed by atoms with Crippen molar-refractivity contribution in [1.82, 2.24) is 24.9 Å². The summed E-state index contributed by atoms with van der Waals surface area (Å²) in [5.41, 5.74) is 0.576. The van der Waals surface area contributed by atoms with Crippen molar-refractivity contribution in [3.8, 4) is 0 Å². The van der Waals surface area contributed by atoms with Crippen LogP contribution in [0.15, 0.2) is 53.8 Å². The summed E-state index contributed by atoms with van der Waals surface area (Å²) in [4.78, 5) is 16.7. The molecule has 0 bridgehead atoms. The summed E-state index contributed by atoms with van der Waals surface area (Å²) in [5, 5.41) is 8.83. The van der Waals surface area contributed by atoms with E-state index in [2.05, 4.69) is 20.0 Å². The second-order valence-corrected chi connectivity index (χ2v) is 10.3. The Morgan fingerprint density at radius 1 is 1.21 bits per heavy atom. The van der Waals surface area contributed by atoms with Gasteiger partial charge in [-0.1, -0.05) is 28.4 Å². The minimum Gasteiger partial charge on any atom is -0.358 e. The topological polar surface area (TPSA) is 113 Å². The molecule has 4 aromatic rings. The van der Waals surface area contributed by atoms with E-state index in [1.54, 1.807) is 22.0 Å². The number of rotatable bonds is 5. The highest BCUT2D eigenvalue weighted by Gasteiger charge is 2.30. The van der Waals surface area contributed by atoms with Crippen molar-refractivity contribution in [2.75, 3.05) is 17.8 Å². The van der Waals surface area contributed by atoms with Gasteiger partial charge in [-0.3, -0.25) is 9.52 Å².